The highest BCUT2D eigenvalue weighted by Gasteiger charge is 2.35. The lowest BCUT2D eigenvalue weighted by atomic mass is 9.79. The molecule has 3 unspecified atom stereocenters. The topological polar surface area (TPSA) is 12.0 Å². The third kappa shape index (κ3) is 3.74. The molecule has 0 saturated heterocycles. The number of rotatable bonds is 5. The van der Waals surface area contributed by atoms with Crippen LogP contribution in [0.3, 0.4) is 0 Å². The second-order valence-electron chi connectivity index (χ2n) is 7.54. The highest BCUT2D eigenvalue weighted by atomic mass is 15.0. The second-order valence-corrected chi connectivity index (χ2v) is 7.54. The molecule has 1 heteroatoms. The minimum atomic E-state index is 0.822. The van der Waals surface area contributed by atoms with E-state index in [2.05, 4.69) is 12.2 Å². The van der Waals surface area contributed by atoms with E-state index in [1.807, 2.05) is 0 Å². The Morgan fingerprint density at radius 3 is 2.32 bits per heavy atom. The van der Waals surface area contributed by atoms with Crippen molar-refractivity contribution in [3.05, 3.63) is 0 Å². The van der Waals surface area contributed by atoms with Crippen LogP contribution in [-0.2, 0) is 0 Å². The molecule has 0 aromatic heterocycles. The van der Waals surface area contributed by atoms with Crippen LogP contribution in [0, 0.1) is 17.8 Å². The van der Waals surface area contributed by atoms with Crippen molar-refractivity contribution in [3.63, 3.8) is 0 Å². The van der Waals surface area contributed by atoms with Crippen molar-refractivity contribution in [2.75, 3.05) is 0 Å². The summed E-state index contributed by atoms with van der Waals surface area (Å²) < 4.78 is 0. The molecule has 3 aliphatic rings. The Labute approximate surface area is 119 Å². The van der Waals surface area contributed by atoms with Gasteiger partial charge < -0.3 is 5.32 Å². The zero-order valence-electron chi connectivity index (χ0n) is 12.9. The van der Waals surface area contributed by atoms with Gasteiger partial charge in [0.2, 0.25) is 0 Å². The Morgan fingerprint density at radius 2 is 1.63 bits per heavy atom. The molecule has 0 bridgehead atoms. The first-order valence-electron chi connectivity index (χ1n) is 9.13. The van der Waals surface area contributed by atoms with Crippen molar-refractivity contribution in [1.82, 2.24) is 5.32 Å². The zero-order chi connectivity index (χ0) is 13.1. The van der Waals surface area contributed by atoms with Gasteiger partial charge in [0.15, 0.2) is 0 Å². The average molecular weight is 263 g/mol. The van der Waals surface area contributed by atoms with E-state index in [0.29, 0.717) is 0 Å². The molecule has 0 aromatic carbocycles. The number of nitrogens with one attached hydrogen (secondary N) is 1. The van der Waals surface area contributed by atoms with E-state index in [-0.39, 0.29) is 0 Å². The first kappa shape index (κ1) is 13.9. The number of hydrogen-bond donors (Lipinski definition) is 1. The summed E-state index contributed by atoms with van der Waals surface area (Å²) in [5, 5.41) is 4.09. The predicted octanol–water partition coefficient (Wildman–Crippen LogP) is 4.90. The first-order chi connectivity index (χ1) is 9.36. The van der Waals surface area contributed by atoms with Crippen LogP contribution in [0.1, 0.15) is 84.0 Å². The van der Waals surface area contributed by atoms with Gasteiger partial charge >= 0.3 is 0 Å². The van der Waals surface area contributed by atoms with Crippen LogP contribution in [0.5, 0.6) is 0 Å². The van der Waals surface area contributed by atoms with Crippen molar-refractivity contribution in [2.45, 2.75) is 96.1 Å². The molecule has 3 saturated carbocycles. The van der Waals surface area contributed by atoms with Crippen LogP contribution in [0.25, 0.3) is 0 Å². The molecule has 0 aromatic rings. The Bertz CT molecular complexity index is 265. The van der Waals surface area contributed by atoms with E-state index < -0.39 is 0 Å². The minimum Gasteiger partial charge on any atom is -0.311 e. The molecule has 0 radical (unpaired) electrons. The molecule has 3 fully saturated rings. The van der Waals surface area contributed by atoms with E-state index in [0.717, 1.165) is 29.8 Å². The van der Waals surface area contributed by atoms with Crippen molar-refractivity contribution >= 4 is 0 Å². The molecule has 0 spiro atoms. The van der Waals surface area contributed by atoms with Gasteiger partial charge in [0, 0.05) is 12.1 Å². The molecule has 3 atom stereocenters. The van der Waals surface area contributed by atoms with Gasteiger partial charge in [0.05, 0.1) is 0 Å². The molecule has 3 rings (SSSR count). The molecule has 1 N–H and O–H groups in total. The lowest BCUT2D eigenvalue weighted by Crippen LogP contribution is -2.45. The summed E-state index contributed by atoms with van der Waals surface area (Å²) in [7, 11) is 0. The van der Waals surface area contributed by atoms with Gasteiger partial charge in [0.25, 0.3) is 0 Å². The Morgan fingerprint density at radius 1 is 0.842 bits per heavy atom. The van der Waals surface area contributed by atoms with Gasteiger partial charge in [0.1, 0.15) is 0 Å². The van der Waals surface area contributed by atoms with Gasteiger partial charge in [-0.2, -0.15) is 0 Å². The summed E-state index contributed by atoms with van der Waals surface area (Å²) in [6.45, 7) is 2.40. The highest BCUT2D eigenvalue weighted by molar-refractivity contribution is 4.90. The molecule has 19 heavy (non-hydrogen) atoms. The molecule has 1 nitrogen and oxygen atoms in total. The Balaban J connectivity index is 1.49. The average Bonchev–Trinajstić information content (AvgIpc) is 3.31. The van der Waals surface area contributed by atoms with E-state index in [1.165, 1.54) is 77.0 Å². The number of hydrogen-bond acceptors (Lipinski definition) is 1. The maximum Gasteiger partial charge on any atom is 0.00952 e. The first-order valence-corrected chi connectivity index (χ1v) is 9.13. The fraction of sp³-hybridized carbons (Fsp3) is 1.00. The Hall–Kier alpha value is -0.0400. The molecule has 110 valence electrons. The summed E-state index contributed by atoms with van der Waals surface area (Å²) >= 11 is 0. The van der Waals surface area contributed by atoms with Gasteiger partial charge in [-0.05, 0) is 62.7 Å². The quantitative estimate of drug-likeness (QED) is 0.743. The second kappa shape index (κ2) is 6.61. The smallest absolute Gasteiger partial charge is 0.00952 e. The van der Waals surface area contributed by atoms with Crippen LogP contribution in [0.2, 0.25) is 0 Å². The highest BCUT2D eigenvalue weighted by Crippen LogP contribution is 2.44. The lowest BCUT2D eigenvalue weighted by Gasteiger charge is -2.37. The molecular formula is C18H33N. The summed E-state index contributed by atoms with van der Waals surface area (Å²) in [4.78, 5) is 0. The third-order valence-electron chi connectivity index (χ3n) is 6.11. The lowest BCUT2D eigenvalue weighted by molar-refractivity contribution is 0.198. The zero-order valence-corrected chi connectivity index (χ0v) is 12.9. The van der Waals surface area contributed by atoms with Crippen LogP contribution >= 0.6 is 0 Å². The fourth-order valence-electron chi connectivity index (χ4n) is 4.80. The standard InChI is InChI=1S/C18H33N/c1-2-18(15-7-4-3-5-8-15)19-17-10-6-9-16(13-17)14-11-12-14/h14-19H,2-13H2,1H3. The van der Waals surface area contributed by atoms with Crippen molar-refractivity contribution < 1.29 is 0 Å². The van der Waals surface area contributed by atoms with Crippen molar-refractivity contribution in [2.24, 2.45) is 17.8 Å². The molecule has 0 amide bonds. The van der Waals surface area contributed by atoms with Gasteiger partial charge in [-0.25, -0.2) is 0 Å². The molecule has 3 aliphatic carbocycles. The van der Waals surface area contributed by atoms with E-state index in [1.54, 1.807) is 0 Å². The van der Waals surface area contributed by atoms with Gasteiger partial charge in [-0.1, -0.05) is 39.0 Å². The SMILES string of the molecule is CCC(NC1CCCC(C2CC2)C1)C1CCCCC1. The van der Waals surface area contributed by atoms with Crippen LogP contribution < -0.4 is 5.32 Å². The molecule has 0 heterocycles. The largest absolute Gasteiger partial charge is 0.311 e. The Kier molecular flexibility index (Phi) is 4.84. The summed E-state index contributed by atoms with van der Waals surface area (Å²) in [5.41, 5.74) is 0. The van der Waals surface area contributed by atoms with Crippen LogP contribution in [0.4, 0.5) is 0 Å². The van der Waals surface area contributed by atoms with Gasteiger partial charge in [-0.15, -0.1) is 0 Å². The fourth-order valence-corrected chi connectivity index (χ4v) is 4.80. The predicted molar refractivity (Wildman–Crippen MR) is 82.3 cm³/mol. The van der Waals surface area contributed by atoms with E-state index in [9.17, 15) is 0 Å². The minimum absolute atomic E-state index is 0.822. The van der Waals surface area contributed by atoms with E-state index >= 15 is 0 Å². The molecular weight excluding hydrogens is 230 g/mol. The summed E-state index contributed by atoms with van der Waals surface area (Å²) in [5.74, 6) is 3.19. The van der Waals surface area contributed by atoms with Crippen LogP contribution in [-0.4, -0.2) is 12.1 Å². The summed E-state index contributed by atoms with van der Waals surface area (Å²) in [6, 6.07) is 1.68. The maximum absolute atomic E-state index is 4.09. The normalized spacial score (nSPS) is 35.2. The monoisotopic (exact) mass is 263 g/mol. The maximum atomic E-state index is 4.09. The third-order valence-corrected chi connectivity index (χ3v) is 6.11. The van der Waals surface area contributed by atoms with Gasteiger partial charge in [-0.3, -0.25) is 0 Å². The van der Waals surface area contributed by atoms with Crippen LogP contribution in [0.15, 0.2) is 0 Å². The van der Waals surface area contributed by atoms with Crippen molar-refractivity contribution in [1.29, 1.82) is 0 Å². The van der Waals surface area contributed by atoms with E-state index in [4.69, 9.17) is 0 Å². The van der Waals surface area contributed by atoms with Crippen molar-refractivity contribution in [3.8, 4) is 0 Å². The summed E-state index contributed by atoms with van der Waals surface area (Å²) in [6.07, 6.45) is 17.8. The molecule has 0 aliphatic heterocycles.